The predicted octanol–water partition coefficient (Wildman–Crippen LogP) is 3.66. The number of hydrogen-bond acceptors (Lipinski definition) is 3. The van der Waals surface area contributed by atoms with E-state index in [0.29, 0.717) is 6.42 Å². The molecule has 1 amide bonds. The van der Waals surface area contributed by atoms with Crippen molar-refractivity contribution in [1.29, 1.82) is 0 Å². The quantitative estimate of drug-likeness (QED) is 0.862. The molecule has 21 heavy (non-hydrogen) atoms. The second-order valence-corrected chi connectivity index (χ2v) is 6.31. The van der Waals surface area contributed by atoms with Gasteiger partial charge in [-0.2, -0.15) is 0 Å². The van der Waals surface area contributed by atoms with Gasteiger partial charge < -0.3 is 9.64 Å². The Labute approximate surface area is 129 Å². The number of likely N-dealkylation sites (tertiary alicyclic amines) is 1. The normalized spacial score (nSPS) is 18.0. The number of thiophene rings is 1. The molecule has 0 saturated carbocycles. The topological polar surface area (TPSA) is 29.5 Å². The number of methoxy groups -OCH3 is 1. The third kappa shape index (κ3) is 3.10. The van der Waals surface area contributed by atoms with Crippen molar-refractivity contribution in [2.24, 2.45) is 0 Å². The highest BCUT2D eigenvalue weighted by atomic mass is 32.1. The van der Waals surface area contributed by atoms with Gasteiger partial charge in [-0.15, -0.1) is 11.3 Å². The summed E-state index contributed by atoms with van der Waals surface area (Å²) in [4.78, 5) is 15.7. The van der Waals surface area contributed by atoms with Gasteiger partial charge in [0.1, 0.15) is 5.75 Å². The average Bonchev–Trinajstić information content (AvgIpc) is 3.18. The minimum absolute atomic E-state index is 0.211. The highest BCUT2D eigenvalue weighted by Gasteiger charge is 2.29. The fourth-order valence-electron chi connectivity index (χ4n) is 2.90. The number of rotatable bonds is 4. The first kappa shape index (κ1) is 14.1. The van der Waals surface area contributed by atoms with Crippen LogP contribution in [-0.4, -0.2) is 24.5 Å². The first-order valence-corrected chi connectivity index (χ1v) is 8.11. The monoisotopic (exact) mass is 301 g/mol. The van der Waals surface area contributed by atoms with E-state index in [1.165, 1.54) is 5.56 Å². The smallest absolute Gasteiger partial charge is 0.228 e. The molecule has 0 bridgehead atoms. The second-order valence-electron chi connectivity index (χ2n) is 5.27. The molecule has 4 heteroatoms. The molecule has 3 rings (SSSR count). The Balaban J connectivity index is 1.73. The molecular formula is C17H19NO2S. The van der Waals surface area contributed by atoms with E-state index in [4.69, 9.17) is 4.74 Å². The molecule has 3 nitrogen and oxygen atoms in total. The largest absolute Gasteiger partial charge is 0.497 e. The Hall–Kier alpha value is -1.81. The van der Waals surface area contributed by atoms with E-state index in [2.05, 4.69) is 12.1 Å². The van der Waals surface area contributed by atoms with Gasteiger partial charge in [0.15, 0.2) is 0 Å². The molecule has 2 aromatic rings. The molecule has 1 aliphatic rings. The molecule has 1 saturated heterocycles. The van der Waals surface area contributed by atoms with Crippen molar-refractivity contribution in [2.45, 2.75) is 25.3 Å². The SMILES string of the molecule is COc1ccc(C2CCCN2C(=O)Cc2cccs2)cc1. The summed E-state index contributed by atoms with van der Waals surface area (Å²) >= 11 is 1.65. The fraction of sp³-hybridized carbons (Fsp3) is 0.353. The summed E-state index contributed by atoms with van der Waals surface area (Å²) in [6.07, 6.45) is 2.64. The van der Waals surface area contributed by atoms with Gasteiger partial charge in [0.25, 0.3) is 0 Å². The van der Waals surface area contributed by atoms with Gasteiger partial charge in [0.2, 0.25) is 5.91 Å². The van der Waals surface area contributed by atoms with Crippen LogP contribution in [0.1, 0.15) is 29.3 Å². The minimum Gasteiger partial charge on any atom is -0.497 e. The van der Waals surface area contributed by atoms with Crippen LogP contribution in [-0.2, 0) is 11.2 Å². The van der Waals surface area contributed by atoms with Crippen LogP contribution in [0.25, 0.3) is 0 Å². The summed E-state index contributed by atoms with van der Waals surface area (Å²) in [6, 6.07) is 12.3. The van der Waals surface area contributed by atoms with Gasteiger partial charge in [0, 0.05) is 11.4 Å². The third-order valence-corrected chi connectivity index (χ3v) is 4.86. The molecule has 0 aliphatic carbocycles. The Kier molecular flexibility index (Phi) is 4.25. The zero-order valence-electron chi connectivity index (χ0n) is 12.1. The molecule has 1 atom stereocenters. The lowest BCUT2D eigenvalue weighted by molar-refractivity contribution is -0.131. The average molecular weight is 301 g/mol. The number of carbonyl (C=O) groups excluding carboxylic acids is 1. The van der Waals surface area contributed by atoms with Gasteiger partial charge in [-0.1, -0.05) is 18.2 Å². The second kappa shape index (κ2) is 6.31. The van der Waals surface area contributed by atoms with Gasteiger partial charge in [-0.25, -0.2) is 0 Å². The first-order valence-electron chi connectivity index (χ1n) is 7.24. The molecule has 0 radical (unpaired) electrons. The summed E-state index contributed by atoms with van der Waals surface area (Å²) < 4.78 is 5.20. The van der Waals surface area contributed by atoms with Crippen molar-refractivity contribution in [3.05, 3.63) is 52.2 Å². The molecule has 0 N–H and O–H groups in total. The maximum Gasteiger partial charge on any atom is 0.228 e. The van der Waals surface area contributed by atoms with Crippen molar-refractivity contribution >= 4 is 17.2 Å². The maximum atomic E-state index is 12.5. The van der Waals surface area contributed by atoms with E-state index in [0.717, 1.165) is 30.0 Å². The number of benzene rings is 1. The molecule has 1 aromatic heterocycles. The lowest BCUT2D eigenvalue weighted by atomic mass is 10.0. The fourth-order valence-corrected chi connectivity index (χ4v) is 3.60. The molecule has 1 fully saturated rings. The Morgan fingerprint density at radius 1 is 1.33 bits per heavy atom. The van der Waals surface area contributed by atoms with Crippen molar-refractivity contribution in [3.8, 4) is 5.75 Å². The highest BCUT2D eigenvalue weighted by Crippen LogP contribution is 2.33. The van der Waals surface area contributed by atoms with Crippen LogP contribution < -0.4 is 4.74 Å². The lowest BCUT2D eigenvalue weighted by Gasteiger charge is -2.25. The maximum absolute atomic E-state index is 12.5. The molecule has 0 spiro atoms. The summed E-state index contributed by atoms with van der Waals surface area (Å²) in [5.41, 5.74) is 1.20. The van der Waals surface area contributed by atoms with Crippen LogP contribution in [0.3, 0.4) is 0 Å². The predicted molar refractivity (Wildman–Crippen MR) is 84.7 cm³/mol. The standard InChI is InChI=1S/C17H19NO2S/c1-20-14-8-6-13(7-9-14)16-5-2-10-18(16)17(19)12-15-4-3-11-21-15/h3-4,6-9,11,16H,2,5,10,12H2,1H3. The van der Waals surface area contributed by atoms with Crippen LogP contribution >= 0.6 is 11.3 Å². The summed E-state index contributed by atoms with van der Waals surface area (Å²) in [6.45, 7) is 0.862. The highest BCUT2D eigenvalue weighted by molar-refractivity contribution is 7.10. The minimum atomic E-state index is 0.211. The van der Waals surface area contributed by atoms with E-state index >= 15 is 0 Å². The molecule has 1 aromatic carbocycles. The zero-order valence-corrected chi connectivity index (χ0v) is 12.9. The summed E-state index contributed by atoms with van der Waals surface area (Å²) in [5, 5.41) is 2.02. The van der Waals surface area contributed by atoms with E-state index in [9.17, 15) is 4.79 Å². The van der Waals surface area contributed by atoms with Crippen molar-refractivity contribution in [1.82, 2.24) is 4.90 Å². The van der Waals surface area contributed by atoms with E-state index in [-0.39, 0.29) is 11.9 Å². The zero-order chi connectivity index (χ0) is 14.7. The third-order valence-electron chi connectivity index (χ3n) is 3.98. The number of amides is 1. The van der Waals surface area contributed by atoms with E-state index in [1.807, 2.05) is 34.5 Å². The van der Waals surface area contributed by atoms with Crippen molar-refractivity contribution < 1.29 is 9.53 Å². The van der Waals surface area contributed by atoms with Crippen LogP contribution in [0.4, 0.5) is 0 Å². The first-order chi connectivity index (χ1) is 10.3. The molecular weight excluding hydrogens is 282 g/mol. The Morgan fingerprint density at radius 2 is 2.14 bits per heavy atom. The lowest BCUT2D eigenvalue weighted by Crippen LogP contribution is -2.31. The Bertz CT molecular complexity index is 592. The van der Waals surface area contributed by atoms with Crippen molar-refractivity contribution in [3.63, 3.8) is 0 Å². The molecule has 110 valence electrons. The molecule has 2 heterocycles. The van der Waals surface area contributed by atoms with Gasteiger partial charge >= 0.3 is 0 Å². The summed E-state index contributed by atoms with van der Waals surface area (Å²) in [5.74, 6) is 1.09. The Morgan fingerprint density at radius 3 is 2.81 bits per heavy atom. The van der Waals surface area contributed by atoms with E-state index in [1.54, 1.807) is 18.4 Å². The number of nitrogens with zero attached hydrogens (tertiary/aromatic N) is 1. The van der Waals surface area contributed by atoms with Crippen LogP contribution in [0.15, 0.2) is 41.8 Å². The van der Waals surface area contributed by atoms with Crippen molar-refractivity contribution in [2.75, 3.05) is 13.7 Å². The molecule has 1 aliphatic heterocycles. The van der Waals surface area contributed by atoms with Crippen LogP contribution in [0.5, 0.6) is 5.75 Å². The van der Waals surface area contributed by atoms with Gasteiger partial charge in [-0.05, 0) is 42.0 Å². The van der Waals surface area contributed by atoms with E-state index < -0.39 is 0 Å². The molecule has 1 unspecified atom stereocenters. The number of carbonyl (C=O) groups is 1. The van der Waals surface area contributed by atoms with Crippen LogP contribution in [0.2, 0.25) is 0 Å². The number of ether oxygens (including phenoxy) is 1. The van der Waals surface area contributed by atoms with Gasteiger partial charge in [-0.3, -0.25) is 4.79 Å². The number of hydrogen-bond donors (Lipinski definition) is 0. The van der Waals surface area contributed by atoms with Crippen LogP contribution in [0, 0.1) is 0 Å². The summed E-state index contributed by atoms with van der Waals surface area (Å²) in [7, 11) is 1.67. The van der Waals surface area contributed by atoms with Gasteiger partial charge in [0.05, 0.1) is 19.6 Å².